The quantitative estimate of drug-likeness (QED) is 0.303. The van der Waals surface area contributed by atoms with Crippen LogP contribution in [0, 0.1) is 31.1 Å². The predicted molar refractivity (Wildman–Crippen MR) is 151 cm³/mol. The zero-order chi connectivity index (χ0) is 27.7. The molecule has 0 unspecified atom stereocenters. The normalized spacial score (nSPS) is 13.1. The van der Waals surface area contributed by atoms with Crippen LogP contribution in [0.5, 0.6) is 0 Å². The van der Waals surface area contributed by atoms with Crippen molar-refractivity contribution in [2.24, 2.45) is 5.92 Å². The molecule has 0 spiro atoms. The summed E-state index contributed by atoms with van der Waals surface area (Å²) in [6.07, 6.45) is 7.97. The van der Waals surface area contributed by atoms with Crippen molar-refractivity contribution in [1.29, 1.82) is 5.26 Å². The van der Waals surface area contributed by atoms with E-state index in [9.17, 15) is 14.9 Å². The molecule has 0 bridgehead atoms. The van der Waals surface area contributed by atoms with Gasteiger partial charge in [0.1, 0.15) is 5.78 Å². The summed E-state index contributed by atoms with van der Waals surface area (Å²) in [6, 6.07) is 17.1. The summed E-state index contributed by atoms with van der Waals surface area (Å²) in [5.41, 5.74) is 6.82. The highest BCUT2D eigenvalue weighted by Gasteiger charge is 2.29. The highest BCUT2D eigenvalue weighted by molar-refractivity contribution is 6.04. The van der Waals surface area contributed by atoms with E-state index in [1.165, 1.54) is 0 Å². The number of nitriles is 1. The van der Waals surface area contributed by atoms with Crippen molar-refractivity contribution < 1.29 is 9.59 Å². The molecule has 4 aromatic rings. The summed E-state index contributed by atoms with van der Waals surface area (Å²) in [7, 11) is 0. The summed E-state index contributed by atoms with van der Waals surface area (Å²) >= 11 is 0. The van der Waals surface area contributed by atoms with Crippen molar-refractivity contribution in [3.05, 3.63) is 95.1 Å². The van der Waals surface area contributed by atoms with E-state index in [4.69, 9.17) is 0 Å². The minimum atomic E-state index is -0.687. The summed E-state index contributed by atoms with van der Waals surface area (Å²) in [5.74, 6) is 0.266. The number of nitrogens with one attached hydrogen (secondary N) is 1. The highest BCUT2D eigenvalue weighted by atomic mass is 16.1. The van der Waals surface area contributed by atoms with E-state index in [0.717, 1.165) is 52.0 Å². The Bertz CT molecular complexity index is 1620. The van der Waals surface area contributed by atoms with Crippen LogP contribution in [0.4, 0.5) is 5.69 Å². The molecule has 7 nitrogen and oxygen atoms in total. The average molecular weight is 518 g/mol. The second-order valence-corrected chi connectivity index (χ2v) is 10.9. The molecule has 0 aliphatic heterocycles. The van der Waals surface area contributed by atoms with Gasteiger partial charge in [0.25, 0.3) is 5.91 Å². The number of benzene rings is 2. The van der Waals surface area contributed by atoms with Gasteiger partial charge in [-0.15, -0.1) is 0 Å². The number of amides is 1. The molecule has 1 N–H and O–H groups in total. The van der Waals surface area contributed by atoms with E-state index >= 15 is 0 Å². The van der Waals surface area contributed by atoms with E-state index in [-0.39, 0.29) is 17.6 Å². The maximum Gasteiger partial charge on any atom is 0.255 e. The van der Waals surface area contributed by atoms with Gasteiger partial charge in [0.05, 0.1) is 23.4 Å². The molecule has 1 fully saturated rings. The lowest BCUT2D eigenvalue weighted by Gasteiger charge is -2.16. The molecule has 1 amide bonds. The first-order chi connectivity index (χ1) is 18.6. The van der Waals surface area contributed by atoms with Crippen LogP contribution in [0.1, 0.15) is 59.4 Å². The standard InChI is InChI=1S/C32H31N5O2/c1-20-8-11-26(36-31(39)23-6-5-7-25(13-23)32(3,4)19-33)14-29(20)37-18-24(16-35-37)28-17-34-27(12-21(28)2)15-30(38)22-9-10-22/h5-8,11-14,16-18,22H,9-10,15H2,1-4H3,(H,36,39). The minimum Gasteiger partial charge on any atom is -0.322 e. The summed E-state index contributed by atoms with van der Waals surface area (Å²) in [6.45, 7) is 7.68. The SMILES string of the molecule is Cc1cc(CC(=O)C2CC2)ncc1-c1cnn(-c2cc(NC(=O)c3cccc(C(C)(C)C#N)c3)ccc2C)c1. The Kier molecular flexibility index (Phi) is 6.88. The van der Waals surface area contributed by atoms with Gasteiger partial charge in [-0.3, -0.25) is 14.6 Å². The molecular weight excluding hydrogens is 486 g/mol. The van der Waals surface area contributed by atoms with Gasteiger partial charge in [-0.05, 0) is 87.6 Å². The van der Waals surface area contributed by atoms with Crippen molar-refractivity contribution in [2.45, 2.75) is 52.4 Å². The summed E-state index contributed by atoms with van der Waals surface area (Å²) in [5, 5.41) is 17.0. The third kappa shape index (κ3) is 5.65. The van der Waals surface area contributed by atoms with Gasteiger partial charge in [0.2, 0.25) is 0 Å². The largest absolute Gasteiger partial charge is 0.322 e. The Morgan fingerprint density at radius 1 is 1.08 bits per heavy atom. The first-order valence-electron chi connectivity index (χ1n) is 13.1. The van der Waals surface area contributed by atoms with Crippen LogP contribution in [0.15, 0.2) is 67.1 Å². The molecule has 0 saturated heterocycles. The third-order valence-electron chi connectivity index (χ3n) is 7.29. The van der Waals surface area contributed by atoms with E-state index in [0.29, 0.717) is 17.7 Å². The van der Waals surface area contributed by atoms with E-state index in [1.807, 2.05) is 70.4 Å². The molecule has 0 radical (unpaired) electrons. The maximum atomic E-state index is 13.0. The molecule has 1 aliphatic carbocycles. The van der Waals surface area contributed by atoms with Gasteiger partial charge < -0.3 is 5.32 Å². The van der Waals surface area contributed by atoms with Gasteiger partial charge >= 0.3 is 0 Å². The number of carbonyl (C=O) groups excluding carboxylic acids is 2. The van der Waals surface area contributed by atoms with Crippen molar-refractivity contribution in [3.63, 3.8) is 0 Å². The smallest absolute Gasteiger partial charge is 0.255 e. The number of ketones is 1. The lowest BCUT2D eigenvalue weighted by atomic mass is 9.85. The van der Waals surface area contributed by atoms with Crippen LogP contribution in [0.3, 0.4) is 0 Å². The monoisotopic (exact) mass is 517 g/mol. The summed E-state index contributed by atoms with van der Waals surface area (Å²) < 4.78 is 1.79. The van der Waals surface area contributed by atoms with Crippen LogP contribution >= 0.6 is 0 Å². The molecule has 2 aromatic heterocycles. The fourth-order valence-corrected chi connectivity index (χ4v) is 4.59. The number of hydrogen-bond acceptors (Lipinski definition) is 5. The van der Waals surface area contributed by atoms with Gasteiger partial charge in [-0.1, -0.05) is 18.2 Å². The molecule has 2 heterocycles. The first-order valence-corrected chi connectivity index (χ1v) is 13.1. The molecule has 5 rings (SSSR count). The number of rotatable bonds is 8. The van der Waals surface area contributed by atoms with Gasteiger partial charge in [0, 0.05) is 52.8 Å². The Morgan fingerprint density at radius 2 is 1.87 bits per heavy atom. The van der Waals surface area contributed by atoms with Gasteiger partial charge in [-0.2, -0.15) is 10.4 Å². The number of aryl methyl sites for hydroxylation is 2. The number of hydrogen-bond donors (Lipinski definition) is 1. The zero-order valence-electron chi connectivity index (χ0n) is 22.7. The fourth-order valence-electron chi connectivity index (χ4n) is 4.59. The van der Waals surface area contributed by atoms with Crippen molar-refractivity contribution in [1.82, 2.24) is 14.8 Å². The Labute approximate surface area is 228 Å². The zero-order valence-corrected chi connectivity index (χ0v) is 22.7. The number of aromatic nitrogens is 3. The van der Waals surface area contributed by atoms with Gasteiger partial charge in [0.15, 0.2) is 0 Å². The molecule has 39 heavy (non-hydrogen) atoms. The third-order valence-corrected chi connectivity index (χ3v) is 7.29. The van der Waals surface area contributed by atoms with Crippen LogP contribution < -0.4 is 5.32 Å². The minimum absolute atomic E-state index is 0.231. The Morgan fingerprint density at radius 3 is 2.59 bits per heavy atom. The first kappa shape index (κ1) is 26.1. The molecule has 2 aromatic carbocycles. The van der Waals surface area contributed by atoms with Gasteiger partial charge in [-0.25, -0.2) is 4.68 Å². The van der Waals surface area contributed by atoms with Crippen molar-refractivity contribution in [3.8, 4) is 22.9 Å². The fraction of sp³-hybridized carbons (Fsp3) is 0.281. The number of pyridine rings is 1. The second kappa shape index (κ2) is 10.3. The Balaban J connectivity index is 1.35. The van der Waals surface area contributed by atoms with Crippen molar-refractivity contribution in [2.75, 3.05) is 5.32 Å². The predicted octanol–water partition coefficient (Wildman–Crippen LogP) is 6.13. The maximum absolute atomic E-state index is 13.0. The number of Topliss-reactive ketones (excluding diaryl/α,β-unsaturated/α-hetero) is 1. The molecule has 7 heteroatoms. The van der Waals surface area contributed by atoms with Crippen LogP contribution in [-0.4, -0.2) is 26.5 Å². The average Bonchev–Trinajstić information content (AvgIpc) is 3.67. The molecule has 1 saturated carbocycles. The number of anilines is 1. The number of carbonyl (C=O) groups is 2. The van der Waals surface area contributed by atoms with Crippen molar-refractivity contribution >= 4 is 17.4 Å². The van der Waals surface area contributed by atoms with E-state index in [2.05, 4.69) is 21.5 Å². The summed E-state index contributed by atoms with van der Waals surface area (Å²) in [4.78, 5) is 29.8. The lowest BCUT2D eigenvalue weighted by Crippen LogP contribution is -2.17. The van der Waals surface area contributed by atoms with Crippen LogP contribution in [0.25, 0.3) is 16.8 Å². The molecular formula is C32H31N5O2. The topological polar surface area (TPSA) is 101 Å². The van der Waals surface area contributed by atoms with Crippen LogP contribution in [0.2, 0.25) is 0 Å². The molecule has 1 aliphatic rings. The lowest BCUT2D eigenvalue weighted by molar-refractivity contribution is -0.119. The number of nitrogens with zero attached hydrogens (tertiary/aromatic N) is 4. The highest BCUT2D eigenvalue weighted by Crippen LogP contribution is 2.31. The Hall–Kier alpha value is -4.57. The second-order valence-electron chi connectivity index (χ2n) is 10.9. The van der Waals surface area contributed by atoms with E-state index < -0.39 is 5.41 Å². The van der Waals surface area contributed by atoms with Crippen LogP contribution in [-0.2, 0) is 16.6 Å². The molecule has 0 atom stereocenters. The van der Waals surface area contributed by atoms with E-state index in [1.54, 1.807) is 29.1 Å². The molecule has 196 valence electrons.